The van der Waals surface area contributed by atoms with E-state index in [1.54, 1.807) is 7.05 Å². The SMILES string of the molecule is CN=C(NCc1ccccc1Cl)NCC(C)(C)NC(=O)OC(C)(C)C.I. The van der Waals surface area contributed by atoms with Crippen LogP contribution in [0.4, 0.5) is 4.79 Å². The average Bonchev–Trinajstić information content (AvgIpc) is 2.46. The molecule has 0 aliphatic carbocycles. The van der Waals surface area contributed by atoms with Gasteiger partial charge in [0.05, 0.1) is 5.54 Å². The maximum atomic E-state index is 11.9. The molecule has 8 heteroatoms. The molecule has 0 heterocycles. The second kappa shape index (κ2) is 10.8. The lowest BCUT2D eigenvalue weighted by molar-refractivity contribution is 0.0474. The van der Waals surface area contributed by atoms with Gasteiger partial charge in [-0.25, -0.2) is 4.79 Å². The van der Waals surface area contributed by atoms with Crippen LogP contribution in [0.2, 0.25) is 5.02 Å². The minimum Gasteiger partial charge on any atom is -0.444 e. The molecule has 0 radical (unpaired) electrons. The van der Waals surface area contributed by atoms with Gasteiger partial charge >= 0.3 is 6.09 Å². The third-order valence-electron chi connectivity index (χ3n) is 3.16. The first-order valence-corrected chi connectivity index (χ1v) is 8.59. The summed E-state index contributed by atoms with van der Waals surface area (Å²) in [6.07, 6.45) is -0.446. The number of halogens is 2. The normalized spacial score (nSPS) is 12.0. The Kier molecular flexibility index (Phi) is 10.3. The van der Waals surface area contributed by atoms with Crippen molar-refractivity contribution in [3.63, 3.8) is 0 Å². The van der Waals surface area contributed by atoms with E-state index >= 15 is 0 Å². The second-order valence-electron chi connectivity index (χ2n) is 7.38. The van der Waals surface area contributed by atoms with Crippen molar-refractivity contribution in [2.45, 2.75) is 52.3 Å². The Morgan fingerprint density at radius 2 is 1.77 bits per heavy atom. The molecule has 26 heavy (non-hydrogen) atoms. The number of nitrogens with one attached hydrogen (secondary N) is 3. The second-order valence-corrected chi connectivity index (χ2v) is 7.79. The van der Waals surface area contributed by atoms with Crippen molar-refractivity contribution in [2.24, 2.45) is 4.99 Å². The van der Waals surface area contributed by atoms with Gasteiger partial charge in [-0.2, -0.15) is 0 Å². The third kappa shape index (κ3) is 10.1. The van der Waals surface area contributed by atoms with E-state index in [0.29, 0.717) is 24.1 Å². The Morgan fingerprint density at radius 1 is 1.15 bits per heavy atom. The van der Waals surface area contributed by atoms with Crippen LogP contribution in [-0.4, -0.2) is 36.8 Å². The molecule has 0 aliphatic heterocycles. The zero-order valence-electron chi connectivity index (χ0n) is 16.3. The molecule has 0 aliphatic rings. The Balaban J connectivity index is 0.00000625. The molecule has 0 saturated carbocycles. The number of hydrogen-bond donors (Lipinski definition) is 3. The minimum atomic E-state index is -0.528. The zero-order valence-corrected chi connectivity index (χ0v) is 19.4. The molecule has 0 aromatic heterocycles. The van der Waals surface area contributed by atoms with Gasteiger partial charge in [-0.15, -0.1) is 24.0 Å². The molecule has 0 unspecified atom stereocenters. The van der Waals surface area contributed by atoms with Crippen LogP contribution in [0.3, 0.4) is 0 Å². The highest BCUT2D eigenvalue weighted by atomic mass is 127. The van der Waals surface area contributed by atoms with E-state index in [1.807, 2.05) is 58.9 Å². The van der Waals surface area contributed by atoms with E-state index in [9.17, 15) is 4.79 Å². The summed E-state index contributed by atoms with van der Waals surface area (Å²) in [7, 11) is 1.69. The van der Waals surface area contributed by atoms with Gasteiger partial charge in [0.25, 0.3) is 0 Å². The van der Waals surface area contributed by atoms with Gasteiger partial charge in [0.1, 0.15) is 5.60 Å². The predicted octanol–water partition coefficient (Wildman–Crippen LogP) is 3.93. The highest BCUT2D eigenvalue weighted by Gasteiger charge is 2.24. The number of carbonyl (C=O) groups excluding carboxylic acids is 1. The molecule has 1 rings (SSSR count). The van der Waals surface area contributed by atoms with Crippen LogP contribution >= 0.6 is 35.6 Å². The van der Waals surface area contributed by atoms with Gasteiger partial charge in [0, 0.05) is 25.2 Å². The van der Waals surface area contributed by atoms with Gasteiger partial charge in [-0.3, -0.25) is 4.99 Å². The maximum Gasteiger partial charge on any atom is 0.408 e. The van der Waals surface area contributed by atoms with Crippen molar-refractivity contribution in [3.05, 3.63) is 34.9 Å². The quantitative estimate of drug-likeness (QED) is 0.328. The molecule has 0 saturated heterocycles. The molecule has 0 spiro atoms. The van der Waals surface area contributed by atoms with Gasteiger partial charge in [-0.05, 0) is 46.2 Å². The summed E-state index contributed by atoms with van der Waals surface area (Å²) < 4.78 is 5.29. The molecule has 0 bridgehead atoms. The number of guanidine groups is 1. The standard InChI is InChI=1S/C18H29ClN4O2.HI/c1-17(2,3)25-16(24)23-18(4,5)12-22-15(20-6)21-11-13-9-7-8-10-14(13)19;/h7-10H,11-12H2,1-6H3,(H,23,24)(H2,20,21,22);1H. The number of ether oxygens (including phenoxy) is 1. The Morgan fingerprint density at radius 3 is 2.31 bits per heavy atom. The lowest BCUT2D eigenvalue weighted by atomic mass is 10.1. The molecule has 0 fully saturated rings. The number of amides is 1. The Labute approximate surface area is 178 Å². The predicted molar refractivity (Wildman–Crippen MR) is 119 cm³/mol. The molecular formula is C18H30ClIN4O2. The van der Waals surface area contributed by atoms with E-state index in [4.69, 9.17) is 16.3 Å². The number of carbonyl (C=O) groups is 1. The summed E-state index contributed by atoms with van der Waals surface area (Å²) in [6, 6.07) is 7.63. The van der Waals surface area contributed by atoms with Gasteiger partial charge in [0.15, 0.2) is 5.96 Å². The summed E-state index contributed by atoms with van der Waals surface area (Å²) in [6.45, 7) is 10.3. The molecule has 148 valence electrons. The lowest BCUT2D eigenvalue weighted by Gasteiger charge is -2.29. The van der Waals surface area contributed by atoms with Crippen LogP contribution < -0.4 is 16.0 Å². The largest absolute Gasteiger partial charge is 0.444 e. The summed E-state index contributed by atoms with van der Waals surface area (Å²) in [5, 5.41) is 9.95. The summed E-state index contributed by atoms with van der Waals surface area (Å²) in [4.78, 5) is 16.1. The van der Waals surface area contributed by atoms with Crippen LogP contribution in [0.15, 0.2) is 29.3 Å². The number of nitrogens with zero attached hydrogens (tertiary/aromatic N) is 1. The van der Waals surface area contributed by atoms with Gasteiger partial charge in [-0.1, -0.05) is 29.8 Å². The van der Waals surface area contributed by atoms with Crippen LogP contribution in [0.1, 0.15) is 40.2 Å². The van der Waals surface area contributed by atoms with Gasteiger partial charge < -0.3 is 20.7 Å². The van der Waals surface area contributed by atoms with Crippen molar-refractivity contribution < 1.29 is 9.53 Å². The number of alkyl carbamates (subject to hydrolysis) is 1. The fraction of sp³-hybridized carbons (Fsp3) is 0.556. The lowest BCUT2D eigenvalue weighted by Crippen LogP contribution is -2.54. The Bertz CT molecular complexity index is 615. The molecule has 0 atom stereocenters. The van der Waals surface area contributed by atoms with E-state index in [0.717, 1.165) is 5.56 Å². The molecule has 1 aromatic carbocycles. The number of benzene rings is 1. The first kappa shape index (κ1) is 24.8. The number of rotatable bonds is 5. The highest BCUT2D eigenvalue weighted by molar-refractivity contribution is 14.0. The molecule has 3 N–H and O–H groups in total. The minimum absolute atomic E-state index is 0. The monoisotopic (exact) mass is 496 g/mol. The number of hydrogen-bond acceptors (Lipinski definition) is 3. The van der Waals surface area contributed by atoms with Crippen LogP contribution in [-0.2, 0) is 11.3 Å². The van der Waals surface area contributed by atoms with Crippen molar-refractivity contribution in [3.8, 4) is 0 Å². The van der Waals surface area contributed by atoms with Crippen LogP contribution in [0.5, 0.6) is 0 Å². The molecular weight excluding hydrogens is 467 g/mol. The van der Waals surface area contributed by atoms with Crippen LogP contribution in [0, 0.1) is 0 Å². The smallest absolute Gasteiger partial charge is 0.408 e. The summed E-state index contributed by atoms with van der Waals surface area (Å²) in [5.74, 6) is 0.624. The summed E-state index contributed by atoms with van der Waals surface area (Å²) >= 11 is 6.15. The van der Waals surface area contributed by atoms with Crippen molar-refractivity contribution in [2.75, 3.05) is 13.6 Å². The Hall–Kier alpha value is -1.22. The summed E-state index contributed by atoms with van der Waals surface area (Å²) in [5.41, 5.74) is -0.0527. The topological polar surface area (TPSA) is 74.8 Å². The maximum absolute atomic E-state index is 11.9. The van der Waals surface area contributed by atoms with Crippen molar-refractivity contribution >= 4 is 47.6 Å². The average molecular weight is 497 g/mol. The molecule has 1 amide bonds. The zero-order chi connectivity index (χ0) is 19.1. The van der Waals surface area contributed by atoms with E-state index in [2.05, 4.69) is 20.9 Å². The van der Waals surface area contributed by atoms with Crippen molar-refractivity contribution in [1.82, 2.24) is 16.0 Å². The van der Waals surface area contributed by atoms with Gasteiger partial charge in [0.2, 0.25) is 0 Å². The van der Waals surface area contributed by atoms with E-state index in [-0.39, 0.29) is 24.0 Å². The highest BCUT2D eigenvalue weighted by Crippen LogP contribution is 2.14. The van der Waals surface area contributed by atoms with Crippen molar-refractivity contribution in [1.29, 1.82) is 0 Å². The van der Waals surface area contributed by atoms with Crippen LogP contribution in [0.25, 0.3) is 0 Å². The fourth-order valence-corrected chi connectivity index (χ4v) is 2.17. The van der Waals surface area contributed by atoms with E-state index in [1.165, 1.54) is 0 Å². The first-order chi connectivity index (χ1) is 11.5. The van der Waals surface area contributed by atoms with E-state index < -0.39 is 17.2 Å². The molecule has 6 nitrogen and oxygen atoms in total. The number of aliphatic imine (C=N–C) groups is 1. The molecule has 1 aromatic rings. The third-order valence-corrected chi connectivity index (χ3v) is 3.53. The first-order valence-electron chi connectivity index (χ1n) is 8.21. The fourth-order valence-electron chi connectivity index (χ4n) is 1.97.